The van der Waals surface area contributed by atoms with Gasteiger partial charge < -0.3 is 5.32 Å². The second-order valence-corrected chi connectivity index (χ2v) is 4.27. The van der Waals surface area contributed by atoms with Gasteiger partial charge in [-0.2, -0.15) is 5.26 Å². The molecule has 0 saturated heterocycles. The van der Waals surface area contributed by atoms with Crippen LogP contribution in [0.3, 0.4) is 0 Å². The van der Waals surface area contributed by atoms with Crippen molar-refractivity contribution < 1.29 is 4.79 Å². The average Bonchev–Trinajstić information content (AvgIpc) is 2.46. The van der Waals surface area contributed by atoms with Crippen LogP contribution in [0.4, 0.5) is 0 Å². The zero-order chi connectivity index (χ0) is 13.7. The summed E-state index contributed by atoms with van der Waals surface area (Å²) in [5, 5.41) is 12.3. The fourth-order valence-corrected chi connectivity index (χ4v) is 1.68. The van der Waals surface area contributed by atoms with Gasteiger partial charge in [-0.15, -0.1) is 0 Å². The van der Waals surface area contributed by atoms with Crippen LogP contribution in [0.2, 0.25) is 5.02 Å². The van der Waals surface area contributed by atoms with E-state index >= 15 is 0 Å². The number of pyridine rings is 1. The third-order valence-corrected chi connectivity index (χ3v) is 2.78. The third kappa shape index (κ3) is 3.30. The number of nitrogens with one attached hydrogen (secondary N) is 1. The maximum atomic E-state index is 12.0. The predicted octanol–water partition coefficient (Wildman–Crippen LogP) is 2.73. The van der Waals surface area contributed by atoms with E-state index in [-0.39, 0.29) is 5.91 Å². The molecule has 0 aliphatic heterocycles. The third-order valence-electron chi connectivity index (χ3n) is 2.53. The zero-order valence-corrected chi connectivity index (χ0v) is 10.6. The number of carbonyl (C=O) groups is 1. The molecule has 4 nitrogen and oxygen atoms in total. The van der Waals surface area contributed by atoms with Crippen LogP contribution in [0.15, 0.2) is 48.8 Å². The molecule has 1 aromatic carbocycles. The van der Waals surface area contributed by atoms with Crippen LogP contribution in [0.1, 0.15) is 22.0 Å². The molecule has 1 amide bonds. The van der Waals surface area contributed by atoms with E-state index in [1.807, 2.05) is 6.07 Å². The number of aromatic nitrogens is 1. The van der Waals surface area contributed by atoms with Crippen molar-refractivity contribution in [2.45, 2.75) is 6.04 Å². The van der Waals surface area contributed by atoms with Crippen LogP contribution in [-0.4, -0.2) is 10.9 Å². The van der Waals surface area contributed by atoms with Gasteiger partial charge in [-0.25, -0.2) is 0 Å². The number of halogens is 1. The Bertz CT molecular complexity index is 605. The standard InChI is InChI=1S/C14H10ClN3O/c15-12-5-3-10(4-6-12)14(19)18-13(8-16)11-2-1-7-17-9-11/h1-7,9,13H,(H,18,19). The number of benzene rings is 1. The fraction of sp³-hybridized carbons (Fsp3) is 0.0714. The Labute approximate surface area is 115 Å². The minimum atomic E-state index is -0.725. The summed E-state index contributed by atoms with van der Waals surface area (Å²) in [5.41, 5.74) is 1.10. The smallest absolute Gasteiger partial charge is 0.252 e. The van der Waals surface area contributed by atoms with E-state index in [1.54, 1.807) is 48.8 Å². The topological polar surface area (TPSA) is 65.8 Å². The van der Waals surface area contributed by atoms with Gasteiger partial charge in [-0.3, -0.25) is 9.78 Å². The number of carbonyl (C=O) groups excluding carboxylic acids is 1. The Morgan fingerprint density at radius 2 is 2.05 bits per heavy atom. The zero-order valence-electron chi connectivity index (χ0n) is 9.88. The highest BCUT2D eigenvalue weighted by Crippen LogP contribution is 2.13. The number of nitriles is 1. The van der Waals surface area contributed by atoms with E-state index in [2.05, 4.69) is 10.3 Å². The molecule has 1 aromatic heterocycles. The molecule has 94 valence electrons. The van der Waals surface area contributed by atoms with Crippen LogP contribution in [-0.2, 0) is 0 Å². The molecule has 2 rings (SSSR count). The first-order valence-electron chi connectivity index (χ1n) is 5.56. The number of amides is 1. The number of hydrogen-bond donors (Lipinski definition) is 1. The summed E-state index contributed by atoms with van der Waals surface area (Å²) in [7, 11) is 0. The van der Waals surface area contributed by atoms with Crippen molar-refractivity contribution in [2.75, 3.05) is 0 Å². The van der Waals surface area contributed by atoms with E-state index < -0.39 is 6.04 Å². The molecule has 2 aromatic rings. The molecule has 0 aliphatic rings. The molecule has 0 bridgehead atoms. The summed E-state index contributed by atoms with van der Waals surface area (Å²) < 4.78 is 0. The quantitative estimate of drug-likeness (QED) is 0.933. The highest BCUT2D eigenvalue weighted by Gasteiger charge is 2.14. The maximum Gasteiger partial charge on any atom is 0.252 e. The molecular formula is C14H10ClN3O. The second-order valence-electron chi connectivity index (χ2n) is 3.83. The molecule has 1 heterocycles. The van der Waals surface area contributed by atoms with Crippen LogP contribution in [0, 0.1) is 11.3 Å². The fourth-order valence-electron chi connectivity index (χ4n) is 1.55. The molecular weight excluding hydrogens is 262 g/mol. The summed E-state index contributed by atoms with van der Waals surface area (Å²) in [6.07, 6.45) is 3.16. The van der Waals surface area contributed by atoms with Gasteiger partial charge in [0.05, 0.1) is 6.07 Å². The minimum Gasteiger partial charge on any atom is -0.332 e. The van der Waals surface area contributed by atoms with Gasteiger partial charge in [-0.05, 0) is 30.3 Å². The summed E-state index contributed by atoms with van der Waals surface area (Å²) in [5.74, 6) is -0.327. The molecule has 1 atom stereocenters. The van der Waals surface area contributed by atoms with E-state index in [0.29, 0.717) is 16.1 Å². The van der Waals surface area contributed by atoms with Crippen molar-refractivity contribution in [3.63, 3.8) is 0 Å². The van der Waals surface area contributed by atoms with Crippen molar-refractivity contribution in [3.8, 4) is 6.07 Å². The molecule has 0 saturated carbocycles. The molecule has 0 aliphatic carbocycles. The Morgan fingerprint density at radius 3 is 2.63 bits per heavy atom. The van der Waals surface area contributed by atoms with Crippen molar-refractivity contribution in [2.24, 2.45) is 0 Å². The molecule has 1 unspecified atom stereocenters. The summed E-state index contributed by atoms with van der Waals surface area (Å²) in [6.45, 7) is 0. The lowest BCUT2D eigenvalue weighted by molar-refractivity contribution is 0.0945. The summed E-state index contributed by atoms with van der Waals surface area (Å²) in [6, 6.07) is 11.2. The van der Waals surface area contributed by atoms with Gasteiger partial charge in [0.1, 0.15) is 6.04 Å². The van der Waals surface area contributed by atoms with Crippen LogP contribution in [0.25, 0.3) is 0 Å². The van der Waals surface area contributed by atoms with Crippen LogP contribution < -0.4 is 5.32 Å². The second kappa shape index (κ2) is 5.98. The number of hydrogen-bond acceptors (Lipinski definition) is 3. The van der Waals surface area contributed by atoms with Crippen molar-refractivity contribution >= 4 is 17.5 Å². The van der Waals surface area contributed by atoms with Gasteiger partial charge >= 0.3 is 0 Å². The largest absolute Gasteiger partial charge is 0.332 e. The Balaban J connectivity index is 2.13. The van der Waals surface area contributed by atoms with Gasteiger partial charge in [0.15, 0.2) is 0 Å². The summed E-state index contributed by atoms with van der Waals surface area (Å²) in [4.78, 5) is 15.9. The predicted molar refractivity (Wildman–Crippen MR) is 71.5 cm³/mol. The van der Waals surface area contributed by atoms with E-state index in [1.165, 1.54) is 0 Å². The van der Waals surface area contributed by atoms with E-state index in [4.69, 9.17) is 16.9 Å². The average molecular weight is 272 g/mol. The van der Waals surface area contributed by atoms with Crippen LogP contribution in [0.5, 0.6) is 0 Å². The molecule has 0 radical (unpaired) electrons. The Kier molecular flexibility index (Phi) is 4.11. The SMILES string of the molecule is N#CC(NC(=O)c1ccc(Cl)cc1)c1cccnc1. The molecule has 0 spiro atoms. The van der Waals surface area contributed by atoms with Gasteiger partial charge in [0.2, 0.25) is 0 Å². The van der Waals surface area contributed by atoms with Crippen molar-refractivity contribution in [1.82, 2.24) is 10.3 Å². The number of nitrogens with zero attached hydrogens (tertiary/aromatic N) is 2. The Hall–Kier alpha value is -2.38. The molecule has 1 N–H and O–H groups in total. The normalized spacial score (nSPS) is 11.4. The van der Waals surface area contributed by atoms with Crippen molar-refractivity contribution in [3.05, 3.63) is 64.9 Å². The van der Waals surface area contributed by atoms with E-state index in [0.717, 1.165) is 0 Å². The minimum absolute atomic E-state index is 0.327. The van der Waals surface area contributed by atoms with Crippen LogP contribution >= 0.6 is 11.6 Å². The maximum absolute atomic E-state index is 12.0. The van der Waals surface area contributed by atoms with Gasteiger partial charge in [0.25, 0.3) is 5.91 Å². The molecule has 19 heavy (non-hydrogen) atoms. The first kappa shape index (κ1) is 13.1. The number of rotatable bonds is 3. The van der Waals surface area contributed by atoms with E-state index in [9.17, 15) is 4.79 Å². The molecule has 0 fully saturated rings. The first-order valence-corrected chi connectivity index (χ1v) is 5.94. The highest BCUT2D eigenvalue weighted by atomic mass is 35.5. The highest BCUT2D eigenvalue weighted by molar-refractivity contribution is 6.30. The first-order chi connectivity index (χ1) is 9.20. The summed E-state index contributed by atoms with van der Waals surface area (Å²) >= 11 is 5.75. The monoisotopic (exact) mass is 271 g/mol. The lowest BCUT2D eigenvalue weighted by atomic mass is 10.1. The molecule has 5 heteroatoms. The van der Waals surface area contributed by atoms with Gasteiger partial charge in [-0.1, -0.05) is 17.7 Å². The lowest BCUT2D eigenvalue weighted by Crippen LogP contribution is -2.27. The van der Waals surface area contributed by atoms with Gasteiger partial charge in [0, 0.05) is 28.5 Å². The lowest BCUT2D eigenvalue weighted by Gasteiger charge is -2.11. The Morgan fingerprint density at radius 1 is 1.32 bits per heavy atom. The van der Waals surface area contributed by atoms with Crippen molar-refractivity contribution in [1.29, 1.82) is 5.26 Å².